The van der Waals surface area contributed by atoms with Crippen LogP contribution in [0.5, 0.6) is 11.5 Å². The predicted molar refractivity (Wildman–Crippen MR) is 79.6 cm³/mol. The molecule has 1 atom stereocenters. The number of benzene rings is 2. The van der Waals surface area contributed by atoms with Crippen molar-refractivity contribution in [3.8, 4) is 11.5 Å². The van der Waals surface area contributed by atoms with Gasteiger partial charge in [0.05, 0.1) is 25.3 Å². The number of halogens is 2. The molecule has 0 saturated carbocycles. The maximum absolute atomic E-state index is 13.1. The molecule has 0 amide bonds. The summed E-state index contributed by atoms with van der Waals surface area (Å²) in [5.74, 6) is 0.672. The van der Waals surface area contributed by atoms with E-state index in [4.69, 9.17) is 21.1 Å². The molecule has 5 heteroatoms. The molecule has 2 aromatic carbocycles. The molecule has 0 spiro atoms. The minimum absolute atomic E-state index is 0.0482. The number of rotatable bonds is 5. The van der Waals surface area contributed by atoms with Crippen LogP contribution in [0.15, 0.2) is 36.4 Å². The van der Waals surface area contributed by atoms with Gasteiger partial charge in [-0.05, 0) is 35.4 Å². The van der Waals surface area contributed by atoms with E-state index in [0.717, 1.165) is 5.56 Å². The van der Waals surface area contributed by atoms with Crippen LogP contribution >= 0.6 is 11.6 Å². The summed E-state index contributed by atoms with van der Waals surface area (Å²) in [6.45, 7) is 0. The smallest absolute Gasteiger partial charge is 0.161 e. The van der Waals surface area contributed by atoms with Crippen molar-refractivity contribution in [2.75, 3.05) is 14.2 Å². The van der Waals surface area contributed by atoms with Crippen LogP contribution in [0.25, 0.3) is 0 Å². The van der Waals surface area contributed by atoms with Crippen LogP contribution in [-0.4, -0.2) is 19.3 Å². The van der Waals surface area contributed by atoms with Gasteiger partial charge in [-0.25, -0.2) is 4.39 Å². The second kappa shape index (κ2) is 6.78. The Hall–Kier alpha value is -1.78. The Morgan fingerprint density at radius 1 is 1.10 bits per heavy atom. The fraction of sp³-hybridized carbons (Fsp3) is 0.250. The van der Waals surface area contributed by atoms with Gasteiger partial charge in [0.25, 0.3) is 0 Å². The fourth-order valence-electron chi connectivity index (χ4n) is 2.07. The van der Waals surface area contributed by atoms with Crippen molar-refractivity contribution in [3.05, 3.63) is 58.4 Å². The number of hydrogen-bond acceptors (Lipinski definition) is 3. The van der Waals surface area contributed by atoms with E-state index in [9.17, 15) is 9.50 Å². The molecule has 2 aromatic rings. The third-order valence-corrected chi connectivity index (χ3v) is 3.50. The third kappa shape index (κ3) is 3.65. The van der Waals surface area contributed by atoms with E-state index in [1.54, 1.807) is 31.4 Å². The van der Waals surface area contributed by atoms with Gasteiger partial charge < -0.3 is 14.6 Å². The van der Waals surface area contributed by atoms with Crippen molar-refractivity contribution in [2.24, 2.45) is 0 Å². The summed E-state index contributed by atoms with van der Waals surface area (Å²) >= 11 is 5.74. The van der Waals surface area contributed by atoms with Crippen LogP contribution < -0.4 is 9.47 Å². The van der Waals surface area contributed by atoms with Crippen LogP contribution in [0.2, 0.25) is 5.02 Å². The minimum atomic E-state index is -0.744. The number of aliphatic hydroxyl groups excluding tert-OH is 1. The highest BCUT2D eigenvalue weighted by molar-refractivity contribution is 6.30. The fourth-order valence-corrected chi connectivity index (χ4v) is 2.27. The normalized spacial score (nSPS) is 12.0. The van der Waals surface area contributed by atoms with E-state index >= 15 is 0 Å². The Morgan fingerprint density at radius 2 is 1.81 bits per heavy atom. The van der Waals surface area contributed by atoms with Crippen LogP contribution in [0.4, 0.5) is 4.39 Å². The Kier molecular flexibility index (Phi) is 5.04. The summed E-state index contributed by atoms with van der Waals surface area (Å²) < 4.78 is 23.5. The molecule has 3 nitrogen and oxygen atoms in total. The summed E-state index contributed by atoms with van der Waals surface area (Å²) in [5.41, 5.74) is 1.44. The van der Waals surface area contributed by atoms with Crippen molar-refractivity contribution >= 4 is 11.6 Å². The molecule has 0 heterocycles. The van der Waals surface area contributed by atoms with Crippen molar-refractivity contribution in [2.45, 2.75) is 12.5 Å². The Bertz CT molecular complexity index is 631. The van der Waals surface area contributed by atoms with Gasteiger partial charge in [-0.3, -0.25) is 0 Å². The average Bonchev–Trinajstić information content (AvgIpc) is 2.50. The van der Waals surface area contributed by atoms with Crippen molar-refractivity contribution in [3.63, 3.8) is 0 Å². The molecule has 112 valence electrons. The topological polar surface area (TPSA) is 38.7 Å². The molecule has 0 saturated heterocycles. The zero-order chi connectivity index (χ0) is 15.4. The van der Waals surface area contributed by atoms with E-state index < -0.39 is 11.9 Å². The van der Waals surface area contributed by atoms with Gasteiger partial charge in [0, 0.05) is 6.42 Å². The third-order valence-electron chi connectivity index (χ3n) is 3.21. The highest BCUT2D eigenvalue weighted by atomic mass is 35.5. The van der Waals surface area contributed by atoms with Gasteiger partial charge in [-0.15, -0.1) is 0 Å². The van der Waals surface area contributed by atoms with Crippen molar-refractivity contribution in [1.82, 2.24) is 0 Å². The molecule has 0 bridgehead atoms. The maximum Gasteiger partial charge on any atom is 0.161 e. The van der Waals surface area contributed by atoms with Crippen LogP contribution in [0.1, 0.15) is 17.2 Å². The van der Waals surface area contributed by atoms with Crippen LogP contribution in [0, 0.1) is 5.82 Å². The second-order valence-corrected chi connectivity index (χ2v) is 4.99. The molecule has 1 unspecified atom stereocenters. The lowest BCUT2D eigenvalue weighted by Gasteiger charge is -2.14. The van der Waals surface area contributed by atoms with Crippen molar-refractivity contribution in [1.29, 1.82) is 0 Å². The van der Waals surface area contributed by atoms with Gasteiger partial charge >= 0.3 is 0 Å². The van der Waals surface area contributed by atoms with E-state index in [-0.39, 0.29) is 5.02 Å². The zero-order valence-corrected chi connectivity index (χ0v) is 12.5. The molecule has 0 aromatic heterocycles. The lowest BCUT2D eigenvalue weighted by atomic mass is 10.0. The average molecular weight is 311 g/mol. The van der Waals surface area contributed by atoms with Gasteiger partial charge in [0.2, 0.25) is 0 Å². The van der Waals surface area contributed by atoms with Crippen LogP contribution in [0.3, 0.4) is 0 Å². The minimum Gasteiger partial charge on any atom is -0.493 e. The molecule has 0 radical (unpaired) electrons. The molecular formula is C16H16ClFO3. The largest absolute Gasteiger partial charge is 0.493 e. The zero-order valence-electron chi connectivity index (χ0n) is 11.8. The van der Waals surface area contributed by atoms with E-state index in [1.807, 2.05) is 0 Å². The number of ether oxygens (including phenoxy) is 2. The molecule has 2 rings (SSSR count). The summed E-state index contributed by atoms with van der Waals surface area (Å²) in [7, 11) is 3.09. The summed E-state index contributed by atoms with van der Waals surface area (Å²) in [5, 5.41) is 10.3. The first kappa shape index (κ1) is 15.6. The molecule has 0 aliphatic carbocycles. The molecule has 0 aliphatic heterocycles. The SMILES string of the molecule is COc1ccc(C(O)Cc2ccc(F)c(Cl)c2)cc1OC. The molecule has 0 fully saturated rings. The molecule has 1 N–H and O–H groups in total. The molecule has 0 aliphatic rings. The molecular weight excluding hydrogens is 295 g/mol. The highest BCUT2D eigenvalue weighted by Gasteiger charge is 2.13. The monoisotopic (exact) mass is 310 g/mol. The second-order valence-electron chi connectivity index (χ2n) is 4.58. The molecule has 21 heavy (non-hydrogen) atoms. The first-order chi connectivity index (χ1) is 10.0. The number of methoxy groups -OCH3 is 2. The quantitative estimate of drug-likeness (QED) is 0.913. The van der Waals surface area contributed by atoms with Crippen LogP contribution in [-0.2, 0) is 6.42 Å². The van der Waals surface area contributed by atoms with Gasteiger partial charge in [-0.1, -0.05) is 23.7 Å². The van der Waals surface area contributed by atoms with Crippen molar-refractivity contribution < 1.29 is 19.0 Å². The Balaban J connectivity index is 2.19. The summed E-state index contributed by atoms with van der Waals surface area (Å²) in [4.78, 5) is 0. The lowest BCUT2D eigenvalue weighted by Crippen LogP contribution is -2.03. The predicted octanol–water partition coefficient (Wildman–Crippen LogP) is 3.77. The van der Waals surface area contributed by atoms with Gasteiger partial charge in [0.1, 0.15) is 5.82 Å². The first-order valence-electron chi connectivity index (χ1n) is 6.39. The lowest BCUT2D eigenvalue weighted by molar-refractivity contribution is 0.178. The highest BCUT2D eigenvalue weighted by Crippen LogP contribution is 2.31. The Morgan fingerprint density at radius 3 is 2.43 bits per heavy atom. The summed E-state index contributed by atoms with van der Waals surface area (Å²) in [6, 6.07) is 9.62. The standard InChI is InChI=1S/C16H16ClFO3/c1-20-15-6-4-11(9-16(15)21-2)14(19)8-10-3-5-13(18)12(17)7-10/h3-7,9,14,19H,8H2,1-2H3. The van der Waals surface area contributed by atoms with Gasteiger partial charge in [-0.2, -0.15) is 0 Å². The Labute approximate surface area is 127 Å². The first-order valence-corrected chi connectivity index (χ1v) is 6.77. The van der Waals surface area contributed by atoms with E-state index in [2.05, 4.69) is 0 Å². The van der Waals surface area contributed by atoms with Gasteiger partial charge in [0.15, 0.2) is 11.5 Å². The summed E-state index contributed by atoms with van der Waals surface area (Å²) in [6.07, 6.45) is -0.415. The van der Waals surface area contributed by atoms with E-state index in [0.29, 0.717) is 23.5 Å². The van der Waals surface area contributed by atoms with E-state index in [1.165, 1.54) is 19.2 Å². The number of hydrogen-bond donors (Lipinski definition) is 1. The maximum atomic E-state index is 13.1. The number of aliphatic hydroxyl groups is 1.